The van der Waals surface area contributed by atoms with E-state index in [-0.39, 0.29) is 0 Å². The minimum absolute atomic E-state index is 0.491. The van der Waals surface area contributed by atoms with E-state index in [2.05, 4.69) is 14.9 Å². The van der Waals surface area contributed by atoms with E-state index in [0.29, 0.717) is 6.04 Å². The van der Waals surface area contributed by atoms with Crippen LogP contribution >= 0.6 is 0 Å². The molecule has 1 N–H and O–H groups in total. The van der Waals surface area contributed by atoms with Gasteiger partial charge in [0.1, 0.15) is 11.3 Å². The number of methoxy groups -OCH3 is 1. The summed E-state index contributed by atoms with van der Waals surface area (Å²) in [7, 11) is 1.71. The molecule has 4 heteroatoms. The van der Waals surface area contributed by atoms with Crippen molar-refractivity contribution in [1.82, 2.24) is 14.9 Å². The molecule has 0 spiro atoms. The van der Waals surface area contributed by atoms with E-state index in [0.717, 1.165) is 29.9 Å². The molecule has 0 bridgehead atoms. The zero-order valence-electron chi connectivity index (χ0n) is 10.0. The Kier molecular flexibility index (Phi) is 2.73. The maximum absolute atomic E-state index is 5.44. The predicted molar refractivity (Wildman–Crippen MR) is 67.4 cm³/mol. The van der Waals surface area contributed by atoms with Crippen molar-refractivity contribution in [3.63, 3.8) is 0 Å². The molecule has 1 aromatic carbocycles. The lowest BCUT2D eigenvalue weighted by Crippen LogP contribution is -2.31. The van der Waals surface area contributed by atoms with Crippen molar-refractivity contribution in [2.45, 2.75) is 18.9 Å². The third kappa shape index (κ3) is 1.78. The molecule has 1 fully saturated rings. The van der Waals surface area contributed by atoms with Crippen molar-refractivity contribution in [2.75, 3.05) is 20.2 Å². The van der Waals surface area contributed by atoms with Crippen molar-refractivity contribution in [1.29, 1.82) is 0 Å². The lowest BCUT2D eigenvalue weighted by atomic mass is 10.1. The van der Waals surface area contributed by atoms with Gasteiger partial charge >= 0.3 is 0 Å². The Morgan fingerprint density at radius 1 is 1.47 bits per heavy atom. The van der Waals surface area contributed by atoms with E-state index in [1.54, 1.807) is 7.11 Å². The van der Waals surface area contributed by atoms with Crippen LogP contribution in [0.2, 0.25) is 0 Å². The molecule has 0 radical (unpaired) electrons. The van der Waals surface area contributed by atoms with Crippen LogP contribution in [0.4, 0.5) is 0 Å². The highest BCUT2D eigenvalue weighted by Crippen LogP contribution is 2.29. The zero-order chi connectivity index (χ0) is 11.7. The number of para-hydroxylation sites is 1. The molecule has 1 aromatic heterocycles. The van der Waals surface area contributed by atoms with Gasteiger partial charge in [0.25, 0.3) is 0 Å². The van der Waals surface area contributed by atoms with Crippen LogP contribution in [0.25, 0.3) is 11.0 Å². The van der Waals surface area contributed by atoms with Gasteiger partial charge in [0.15, 0.2) is 0 Å². The highest BCUT2D eigenvalue weighted by molar-refractivity contribution is 5.82. The summed E-state index contributed by atoms with van der Waals surface area (Å²) in [5.74, 6) is 0.908. The largest absolute Gasteiger partial charge is 0.494 e. The molecule has 1 atom stereocenters. The van der Waals surface area contributed by atoms with Gasteiger partial charge in [0.05, 0.1) is 19.0 Å². The first-order chi connectivity index (χ1) is 8.40. The zero-order valence-corrected chi connectivity index (χ0v) is 10.0. The quantitative estimate of drug-likeness (QED) is 0.859. The fourth-order valence-corrected chi connectivity index (χ4v) is 2.57. The third-order valence-corrected chi connectivity index (χ3v) is 3.44. The standard InChI is InChI=1S/C13H17N3O/c1-17-12-6-2-5-11-13(12)16(9-15-11)10-4-3-7-14-8-10/h2,5-6,9-10,14H,3-4,7-8H2,1H3/t10-/m1/s1. The Morgan fingerprint density at radius 3 is 3.18 bits per heavy atom. The number of ether oxygens (including phenoxy) is 1. The molecule has 1 saturated heterocycles. The van der Waals surface area contributed by atoms with E-state index < -0.39 is 0 Å². The molecule has 17 heavy (non-hydrogen) atoms. The minimum Gasteiger partial charge on any atom is -0.494 e. The molecule has 1 aliphatic rings. The maximum atomic E-state index is 5.44. The van der Waals surface area contributed by atoms with Gasteiger partial charge in [-0.05, 0) is 31.5 Å². The fourth-order valence-electron chi connectivity index (χ4n) is 2.57. The first-order valence-electron chi connectivity index (χ1n) is 6.10. The van der Waals surface area contributed by atoms with Crippen molar-refractivity contribution in [3.05, 3.63) is 24.5 Å². The molecule has 4 nitrogen and oxygen atoms in total. The lowest BCUT2D eigenvalue weighted by molar-refractivity contribution is 0.371. The van der Waals surface area contributed by atoms with Gasteiger partial charge in [0.2, 0.25) is 0 Å². The molecule has 90 valence electrons. The summed E-state index contributed by atoms with van der Waals surface area (Å²) in [5, 5.41) is 3.44. The molecule has 2 heterocycles. The Bertz CT molecular complexity index is 514. The summed E-state index contributed by atoms with van der Waals surface area (Å²) in [6.45, 7) is 2.14. The number of rotatable bonds is 2. The van der Waals surface area contributed by atoms with Crippen molar-refractivity contribution in [3.8, 4) is 5.75 Å². The Hall–Kier alpha value is -1.55. The molecule has 1 aliphatic heterocycles. The number of fused-ring (bicyclic) bond motifs is 1. The highest BCUT2D eigenvalue weighted by atomic mass is 16.5. The number of aromatic nitrogens is 2. The summed E-state index contributed by atoms with van der Waals surface area (Å²) in [4.78, 5) is 4.46. The molecular weight excluding hydrogens is 214 g/mol. The van der Waals surface area contributed by atoms with Crippen molar-refractivity contribution < 1.29 is 4.74 Å². The van der Waals surface area contributed by atoms with E-state index in [4.69, 9.17) is 4.74 Å². The van der Waals surface area contributed by atoms with Gasteiger partial charge < -0.3 is 14.6 Å². The SMILES string of the molecule is COc1cccc2ncn([C@@H]3CCCNC3)c12. The second-order valence-electron chi connectivity index (χ2n) is 4.48. The topological polar surface area (TPSA) is 39.1 Å². The van der Waals surface area contributed by atoms with E-state index in [1.165, 1.54) is 12.8 Å². The van der Waals surface area contributed by atoms with E-state index in [9.17, 15) is 0 Å². The van der Waals surface area contributed by atoms with Gasteiger partial charge in [0, 0.05) is 12.6 Å². The number of nitrogens with one attached hydrogen (secondary N) is 1. The number of nitrogens with zero attached hydrogens (tertiary/aromatic N) is 2. The number of imidazole rings is 1. The lowest BCUT2D eigenvalue weighted by Gasteiger charge is -2.25. The second-order valence-corrected chi connectivity index (χ2v) is 4.48. The van der Waals surface area contributed by atoms with Crippen molar-refractivity contribution >= 4 is 11.0 Å². The molecule has 2 aromatic rings. The van der Waals surface area contributed by atoms with Gasteiger partial charge in [-0.25, -0.2) is 4.98 Å². The Labute approximate surface area is 101 Å². The van der Waals surface area contributed by atoms with E-state index >= 15 is 0 Å². The summed E-state index contributed by atoms with van der Waals surface area (Å²) >= 11 is 0. The van der Waals surface area contributed by atoms with Gasteiger partial charge in [-0.1, -0.05) is 6.07 Å². The van der Waals surface area contributed by atoms with Crippen LogP contribution in [0, 0.1) is 0 Å². The number of piperidine rings is 1. The van der Waals surface area contributed by atoms with Gasteiger partial charge in [-0.2, -0.15) is 0 Å². The third-order valence-electron chi connectivity index (χ3n) is 3.44. The molecule has 0 aliphatic carbocycles. The normalized spacial score (nSPS) is 20.6. The summed E-state index contributed by atoms with van der Waals surface area (Å²) in [5.41, 5.74) is 2.12. The first kappa shape index (κ1) is 10.6. The van der Waals surface area contributed by atoms with Crippen LogP contribution in [0.1, 0.15) is 18.9 Å². The average Bonchev–Trinajstić information content (AvgIpc) is 2.83. The van der Waals surface area contributed by atoms with Crippen LogP contribution in [0.5, 0.6) is 5.75 Å². The second kappa shape index (κ2) is 4.37. The predicted octanol–water partition coefficient (Wildman–Crippen LogP) is 1.97. The Morgan fingerprint density at radius 2 is 2.41 bits per heavy atom. The highest BCUT2D eigenvalue weighted by Gasteiger charge is 2.18. The molecule has 0 amide bonds. The molecule has 3 rings (SSSR count). The molecule has 0 unspecified atom stereocenters. The monoisotopic (exact) mass is 231 g/mol. The Balaban J connectivity index is 2.09. The maximum Gasteiger partial charge on any atom is 0.144 e. The van der Waals surface area contributed by atoms with Gasteiger partial charge in [-0.3, -0.25) is 0 Å². The van der Waals surface area contributed by atoms with Crippen LogP contribution in [0.3, 0.4) is 0 Å². The van der Waals surface area contributed by atoms with Crippen LogP contribution in [0.15, 0.2) is 24.5 Å². The van der Waals surface area contributed by atoms with Crippen LogP contribution in [-0.4, -0.2) is 29.8 Å². The number of hydrogen-bond acceptors (Lipinski definition) is 3. The molecular formula is C13H17N3O. The van der Waals surface area contributed by atoms with E-state index in [1.807, 2.05) is 24.5 Å². The smallest absolute Gasteiger partial charge is 0.144 e. The number of hydrogen-bond donors (Lipinski definition) is 1. The average molecular weight is 231 g/mol. The number of benzene rings is 1. The van der Waals surface area contributed by atoms with Crippen molar-refractivity contribution in [2.24, 2.45) is 0 Å². The van der Waals surface area contributed by atoms with Crippen LogP contribution < -0.4 is 10.1 Å². The van der Waals surface area contributed by atoms with Gasteiger partial charge in [-0.15, -0.1) is 0 Å². The van der Waals surface area contributed by atoms with Crippen LogP contribution in [-0.2, 0) is 0 Å². The first-order valence-corrected chi connectivity index (χ1v) is 6.10. The summed E-state index contributed by atoms with van der Waals surface area (Å²) in [6.07, 6.45) is 4.36. The summed E-state index contributed by atoms with van der Waals surface area (Å²) < 4.78 is 7.69. The summed E-state index contributed by atoms with van der Waals surface area (Å²) in [6, 6.07) is 6.50. The fraction of sp³-hybridized carbons (Fsp3) is 0.462. The molecule has 0 saturated carbocycles. The minimum atomic E-state index is 0.491.